The summed E-state index contributed by atoms with van der Waals surface area (Å²) in [6.07, 6.45) is 3.15. The van der Waals surface area contributed by atoms with E-state index in [9.17, 15) is 4.79 Å². The molecule has 0 radical (unpaired) electrons. The molecule has 0 bridgehead atoms. The van der Waals surface area contributed by atoms with Crippen LogP contribution in [0.15, 0.2) is 51.6 Å². The van der Waals surface area contributed by atoms with E-state index in [0.29, 0.717) is 29.0 Å². The zero-order chi connectivity index (χ0) is 16.5. The van der Waals surface area contributed by atoms with Crippen LogP contribution in [0.4, 0.5) is 0 Å². The predicted molar refractivity (Wildman–Crippen MR) is 86.5 cm³/mol. The molecule has 0 spiro atoms. The minimum Gasteiger partial charge on any atom is -0.459 e. The Bertz CT molecular complexity index is 860. The minimum atomic E-state index is -0.233. The van der Waals surface area contributed by atoms with Gasteiger partial charge in [-0.1, -0.05) is 28.9 Å². The lowest BCUT2D eigenvalue weighted by Gasteiger charge is -2.20. The summed E-state index contributed by atoms with van der Waals surface area (Å²) in [6.45, 7) is 0.638. The third kappa shape index (κ3) is 2.69. The number of amides is 1. The van der Waals surface area contributed by atoms with Crippen LogP contribution in [0.1, 0.15) is 35.3 Å². The average Bonchev–Trinajstić information content (AvgIpc) is 3.33. The van der Waals surface area contributed by atoms with E-state index in [-0.39, 0.29) is 11.9 Å². The van der Waals surface area contributed by atoms with Crippen molar-refractivity contribution < 1.29 is 13.7 Å². The van der Waals surface area contributed by atoms with Crippen molar-refractivity contribution in [3.8, 4) is 11.4 Å². The van der Waals surface area contributed by atoms with Crippen LogP contribution in [0.3, 0.4) is 0 Å². The summed E-state index contributed by atoms with van der Waals surface area (Å²) >= 11 is 6.00. The number of benzene rings is 1. The van der Waals surface area contributed by atoms with Crippen molar-refractivity contribution >= 4 is 17.5 Å². The summed E-state index contributed by atoms with van der Waals surface area (Å²) in [7, 11) is 0. The second-order valence-electron chi connectivity index (χ2n) is 5.60. The fraction of sp³-hybridized carbons (Fsp3) is 0.235. The fourth-order valence-electron chi connectivity index (χ4n) is 2.92. The molecule has 1 aliphatic heterocycles. The molecule has 1 saturated heterocycles. The zero-order valence-corrected chi connectivity index (χ0v) is 13.4. The average molecular weight is 344 g/mol. The van der Waals surface area contributed by atoms with Crippen LogP contribution < -0.4 is 0 Å². The Hall–Kier alpha value is -2.60. The summed E-state index contributed by atoms with van der Waals surface area (Å²) < 4.78 is 10.6. The molecule has 1 aromatic carbocycles. The van der Waals surface area contributed by atoms with Crippen molar-refractivity contribution in [2.75, 3.05) is 6.54 Å². The number of rotatable bonds is 3. The van der Waals surface area contributed by atoms with E-state index in [1.165, 1.54) is 6.26 Å². The Morgan fingerprint density at radius 2 is 2.21 bits per heavy atom. The summed E-state index contributed by atoms with van der Waals surface area (Å²) in [5, 5.41) is 4.63. The van der Waals surface area contributed by atoms with Crippen LogP contribution in [-0.4, -0.2) is 27.5 Å². The lowest BCUT2D eigenvalue weighted by molar-refractivity contribution is 0.0678. The van der Waals surface area contributed by atoms with E-state index in [4.69, 9.17) is 20.5 Å². The second-order valence-corrected chi connectivity index (χ2v) is 6.04. The molecule has 1 aliphatic rings. The third-order valence-corrected chi connectivity index (χ3v) is 4.29. The third-order valence-electron chi connectivity index (χ3n) is 4.06. The first-order chi connectivity index (χ1) is 11.7. The smallest absolute Gasteiger partial charge is 0.290 e. The molecule has 1 amide bonds. The van der Waals surface area contributed by atoms with Gasteiger partial charge in [-0.3, -0.25) is 4.79 Å². The van der Waals surface area contributed by atoms with Crippen molar-refractivity contribution in [2.24, 2.45) is 0 Å². The van der Waals surface area contributed by atoms with Crippen molar-refractivity contribution in [3.63, 3.8) is 0 Å². The number of hydrogen-bond acceptors (Lipinski definition) is 5. The van der Waals surface area contributed by atoms with Gasteiger partial charge >= 0.3 is 0 Å². The monoisotopic (exact) mass is 343 g/mol. The molecular formula is C17H14ClN3O3. The Morgan fingerprint density at radius 1 is 1.29 bits per heavy atom. The molecule has 0 N–H and O–H groups in total. The van der Waals surface area contributed by atoms with E-state index in [1.807, 2.05) is 12.1 Å². The molecule has 24 heavy (non-hydrogen) atoms. The van der Waals surface area contributed by atoms with Crippen LogP contribution >= 0.6 is 11.6 Å². The van der Waals surface area contributed by atoms with Crippen molar-refractivity contribution in [1.29, 1.82) is 0 Å². The molecular weight excluding hydrogens is 330 g/mol. The van der Waals surface area contributed by atoms with Gasteiger partial charge in [0.1, 0.15) is 6.04 Å². The summed E-state index contributed by atoms with van der Waals surface area (Å²) in [6, 6.07) is 10.4. The molecule has 1 unspecified atom stereocenters. The van der Waals surface area contributed by atoms with Crippen molar-refractivity contribution in [2.45, 2.75) is 18.9 Å². The summed E-state index contributed by atoms with van der Waals surface area (Å²) in [4.78, 5) is 18.7. The Morgan fingerprint density at radius 3 is 3.00 bits per heavy atom. The molecule has 1 fully saturated rings. The number of hydrogen-bond donors (Lipinski definition) is 0. The highest BCUT2D eigenvalue weighted by atomic mass is 35.5. The van der Waals surface area contributed by atoms with Gasteiger partial charge in [0.05, 0.1) is 6.26 Å². The predicted octanol–water partition coefficient (Wildman–Crippen LogP) is 3.96. The van der Waals surface area contributed by atoms with Crippen LogP contribution in [0, 0.1) is 0 Å². The van der Waals surface area contributed by atoms with Gasteiger partial charge in [0.2, 0.25) is 11.7 Å². The van der Waals surface area contributed by atoms with E-state index in [0.717, 1.165) is 18.4 Å². The molecule has 0 saturated carbocycles. The number of carbonyl (C=O) groups excluding carboxylic acids is 1. The molecule has 3 heterocycles. The van der Waals surface area contributed by atoms with Crippen molar-refractivity contribution in [3.05, 3.63) is 59.3 Å². The number of halogens is 1. The molecule has 6 nitrogen and oxygen atoms in total. The quantitative estimate of drug-likeness (QED) is 0.719. The van der Waals surface area contributed by atoms with E-state index >= 15 is 0 Å². The standard InChI is InChI=1S/C17H14ClN3O3/c18-12-5-1-4-11(10-12)15-19-16(24-20-15)13-6-2-8-21(13)17(22)14-7-3-9-23-14/h1,3-5,7,9-10,13H,2,6,8H2. The number of aromatic nitrogens is 2. The van der Waals surface area contributed by atoms with Gasteiger partial charge in [0.15, 0.2) is 5.76 Å². The molecule has 3 aromatic rings. The van der Waals surface area contributed by atoms with Gasteiger partial charge in [0, 0.05) is 17.1 Å². The van der Waals surface area contributed by atoms with Crippen molar-refractivity contribution in [1.82, 2.24) is 15.0 Å². The SMILES string of the molecule is O=C(c1ccco1)N1CCCC1c1nc(-c2cccc(Cl)c2)no1. The molecule has 2 aromatic heterocycles. The van der Waals surface area contributed by atoms with E-state index in [2.05, 4.69) is 10.1 Å². The lowest BCUT2D eigenvalue weighted by atomic mass is 10.2. The van der Waals surface area contributed by atoms with E-state index in [1.54, 1.807) is 29.2 Å². The Balaban J connectivity index is 1.60. The normalized spacial score (nSPS) is 17.4. The first kappa shape index (κ1) is 15.0. The topological polar surface area (TPSA) is 72.4 Å². The molecule has 0 aliphatic carbocycles. The fourth-order valence-corrected chi connectivity index (χ4v) is 3.11. The highest BCUT2D eigenvalue weighted by molar-refractivity contribution is 6.30. The molecule has 1 atom stereocenters. The van der Waals surface area contributed by atoms with Crippen LogP contribution in [0.5, 0.6) is 0 Å². The zero-order valence-electron chi connectivity index (χ0n) is 12.7. The Labute approximate surface area is 143 Å². The maximum atomic E-state index is 12.5. The van der Waals surface area contributed by atoms with Gasteiger partial charge in [-0.25, -0.2) is 0 Å². The first-order valence-corrected chi connectivity index (χ1v) is 8.04. The number of furan rings is 1. The molecule has 4 rings (SSSR count). The number of likely N-dealkylation sites (tertiary alicyclic amines) is 1. The van der Waals surface area contributed by atoms with Gasteiger partial charge in [-0.15, -0.1) is 0 Å². The molecule has 122 valence electrons. The summed E-state index contributed by atoms with van der Waals surface area (Å²) in [5.74, 6) is 1.05. The first-order valence-electron chi connectivity index (χ1n) is 7.66. The maximum Gasteiger partial charge on any atom is 0.290 e. The second kappa shape index (κ2) is 6.13. The van der Waals surface area contributed by atoms with Gasteiger partial charge in [-0.05, 0) is 37.1 Å². The van der Waals surface area contributed by atoms with E-state index < -0.39 is 0 Å². The number of carbonyl (C=O) groups is 1. The minimum absolute atomic E-state index is 0.162. The largest absolute Gasteiger partial charge is 0.459 e. The highest BCUT2D eigenvalue weighted by Gasteiger charge is 2.35. The van der Waals surface area contributed by atoms with Crippen LogP contribution in [-0.2, 0) is 0 Å². The highest BCUT2D eigenvalue weighted by Crippen LogP contribution is 2.33. The Kier molecular flexibility index (Phi) is 3.82. The van der Waals surface area contributed by atoms with Gasteiger partial charge < -0.3 is 13.8 Å². The van der Waals surface area contributed by atoms with Crippen LogP contribution in [0.2, 0.25) is 5.02 Å². The van der Waals surface area contributed by atoms with Crippen LogP contribution in [0.25, 0.3) is 11.4 Å². The summed E-state index contributed by atoms with van der Waals surface area (Å²) in [5.41, 5.74) is 0.777. The maximum absolute atomic E-state index is 12.5. The number of nitrogens with zero attached hydrogens (tertiary/aromatic N) is 3. The van der Waals surface area contributed by atoms with Gasteiger partial charge in [0.25, 0.3) is 5.91 Å². The molecule has 7 heteroatoms. The van der Waals surface area contributed by atoms with Gasteiger partial charge in [-0.2, -0.15) is 4.98 Å². The lowest BCUT2D eigenvalue weighted by Crippen LogP contribution is -2.30.